The van der Waals surface area contributed by atoms with Crippen LogP contribution in [0.25, 0.3) is 6.08 Å². The zero-order valence-electron chi connectivity index (χ0n) is 16.0. The molecule has 1 aliphatic heterocycles. The Morgan fingerprint density at radius 1 is 1.00 bits per heavy atom. The Labute approximate surface area is 174 Å². The predicted octanol–water partition coefficient (Wildman–Crippen LogP) is 5.63. The number of hydrogen-bond acceptors (Lipinski definition) is 4. The Morgan fingerprint density at radius 3 is 2.55 bits per heavy atom. The van der Waals surface area contributed by atoms with Crippen molar-refractivity contribution in [1.82, 2.24) is 0 Å². The van der Waals surface area contributed by atoms with Gasteiger partial charge in [0.2, 0.25) is 0 Å². The second-order valence-corrected chi connectivity index (χ2v) is 7.72. The van der Waals surface area contributed by atoms with Gasteiger partial charge in [0.05, 0.1) is 10.6 Å². The Bertz CT molecular complexity index is 1090. The molecule has 5 heteroatoms. The fourth-order valence-corrected chi connectivity index (χ4v) is 3.96. The second kappa shape index (κ2) is 8.37. The molecule has 0 aromatic heterocycles. The molecule has 3 aromatic carbocycles. The molecule has 0 atom stereocenters. The number of thioether (sulfide) groups is 1. The number of ether oxygens (including phenoxy) is 1. The van der Waals surface area contributed by atoms with Crippen LogP contribution >= 0.6 is 11.8 Å². The first-order chi connectivity index (χ1) is 14.1. The highest BCUT2D eigenvalue weighted by Gasteiger charge is 2.34. The van der Waals surface area contributed by atoms with Gasteiger partial charge in [-0.1, -0.05) is 60.7 Å². The summed E-state index contributed by atoms with van der Waals surface area (Å²) in [6.45, 7) is 2.43. The average Bonchev–Trinajstić information content (AvgIpc) is 3.01. The summed E-state index contributed by atoms with van der Waals surface area (Å²) in [4.78, 5) is 14.9. The summed E-state index contributed by atoms with van der Waals surface area (Å²) in [5.74, 6) is 0.564. The Hall–Kier alpha value is -3.31. The van der Waals surface area contributed by atoms with Crippen molar-refractivity contribution in [3.8, 4) is 5.75 Å². The Kier molecular flexibility index (Phi) is 5.49. The van der Waals surface area contributed by atoms with Crippen LogP contribution in [-0.4, -0.2) is 11.1 Å². The average molecular weight is 401 g/mol. The lowest BCUT2D eigenvalue weighted by Gasteiger charge is -2.16. The van der Waals surface area contributed by atoms with Crippen LogP contribution in [0.15, 0.2) is 83.8 Å². The van der Waals surface area contributed by atoms with Crippen LogP contribution in [0, 0.1) is 12.3 Å². The molecule has 0 aliphatic carbocycles. The molecular formula is C24H20N2O2S. The van der Waals surface area contributed by atoms with Crippen molar-refractivity contribution in [3.63, 3.8) is 0 Å². The van der Waals surface area contributed by atoms with Crippen molar-refractivity contribution >= 4 is 34.6 Å². The molecule has 0 unspecified atom stereocenters. The summed E-state index contributed by atoms with van der Waals surface area (Å²) in [5.41, 5.74) is 3.67. The van der Waals surface area contributed by atoms with E-state index in [9.17, 15) is 4.79 Å². The largest absolute Gasteiger partial charge is 0.489 e. The summed E-state index contributed by atoms with van der Waals surface area (Å²) in [6, 6.07) is 25.2. The molecule has 0 saturated carbocycles. The van der Waals surface area contributed by atoms with Gasteiger partial charge in [-0.15, -0.1) is 0 Å². The van der Waals surface area contributed by atoms with Crippen LogP contribution in [0.1, 0.15) is 16.7 Å². The van der Waals surface area contributed by atoms with Gasteiger partial charge in [0.25, 0.3) is 5.91 Å². The van der Waals surface area contributed by atoms with Gasteiger partial charge in [-0.3, -0.25) is 15.1 Å². The lowest BCUT2D eigenvalue weighted by molar-refractivity contribution is -0.113. The third-order valence-electron chi connectivity index (χ3n) is 4.58. The monoisotopic (exact) mass is 400 g/mol. The molecule has 1 N–H and O–H groups in total. The lowest BCUT2D eigenvalue weighted by atomic mass is 10.1. The van der Waals surface area contributed by atoms with Gasteiger partial charge in [0, 0.05) is 0 Å². The molecular weight excluding hydrogens is 380 g/mol. The number of amides is 1. The SMILES string of the molecule is Cc1ccccc1N1C(=N)S/C(=C\c2cccc(OCc3ccccc3)c2)C1=O. The number of nitrogens with one attached hydrogen (secondary N) is 1. The van der Waals surface area contributed by atoms with Crippen LogP contribution in [-0.2, 0) is 11.4 Å². The lowest BCUT2D eigenvalue weighted by Crippen LogP contribution is -2.28. The van der Waals surface area contributed by atoms with Gasteiger partial charge in [0.1, 0.15) is 12.4 Å². The van der Waals surface area contributed by atoms with Gasteiger partial charge < -0.3 is 4.74 Å². The van der Waals surface area contributed by atoms with Crippen LogP contribution in [0.2, 0.25) is 0 Å². The second-order valence-electron chi connectivity index (χ2n) is 6.69. The molecule has 4 rings (SSSR count). The molecule has 1 fully saturated rings. The van der Waals surface area contributed by atoms with E-state index in [1.807, 2.05) is 91.9 Å². The van der Waals surface area contributed by atoms with E-state index in [1.54, 1.807) is 0 Å². The van der Waals surface area contributed by atoms with Crippen molar-refractivity contribution < 1.29 is 9.53 Å². The number of carbonyl (C=O) groups excluding carboxylic acids is 1. The molecule has 0 spiro atoms. The summed E-state index contributed by atoms with van der Waals surface area (Å²) in [7, 11) is 0. The smallest absolute Gasteiger partial charge is 0.271 e. The van der Waals surface area contributed by atoms with E-state index in [4.69, 9.17) is 10.1 Å². The zero-order chi connectivity index (χ0) is 20.2. The topological polar surface area (TPSA) is 53.4 Å². The highest BCUT2D eigenvalue weighted by Crippen LogP contribution is 2.36. The van der Waals surface area contributed by atoms with Gasteiger partial charge in [-0.05, 0) is 59.7 Å². The van der Waals surface area contributed by atoms with Crippen LogP contribution in [0.3, 0.4) is 0 Å². The first-order valence-electron chi connectivity index (χ1n) is 9.27. The third-order valence-corrected chi connectivity index (χ3v) is 5.47. The maximum atomic E-state index is 12.9. The number of nitrogens with zero attached hydrogens (tertiary/aromatic N) is 1. The van der Waals surface area contributed by atoms with Crippen LogP contribution in [0.4, 0.5) is 5.69 Å². The number of rotatable bonds is 5. The summed E-state index contributed by atoms with van der Waals surface area (Å²) in [6.07, 6.45) is 1.81. The third kappa shape index (κ3) is 4.25. The first-order valence-corrected chi connectivity index (χ1v) is 10.1. The van der Waals surface area contributed by atoms with Gasteiger partial charge in [-0.2, -0.15) is 0 Å². The van der Waals surface area contributed by atoms with Crippen LogP contribution in [0.5, 0.6) is 5.75 Å². The summed E-state index contributed by atoms with van der Waals surface area (Å²) in [5, 5.41) is 8.49. The first kappa shape index (κ1) is 19.0. The number of hydrogen-bond donors (Lipinski definition) is 1. The number of para-hydroxylation sites is 1. The molecule has 3 aromatic rings. The number of anilines is 1. The van der Waals surface area contributed by atoms with Gasteiger partial charge in [0.15, 0.2) is 5.17 Å². The van der Waals surface area contributed by atoms with E-state index in [0.717, 1.165) is 28.1 Å². The van der Waals surface area contributed by atoms with Gasteiger partial charge in [-0.25, -0.2) is 0 Å². The molecule has 1 amide bonds. The molecule has 4 nitrogen and oxygen atoms in total. The van der Waals surface area contributed by atoms with E-state index in [-0.39, 0.29) is 11.1 Å². The molecule has 1 saturated heterocycles. The quantitative estimate of drug-likeness (QED) is 0.565. The fraction of sp³-hybridized carbons (Fsp3) is 0.0833. The summed E-state index contributed by atoms with van der Waals surface area (Å²) >= 11 is 1.18. The van der Waals surface area contributed by atoms with Gasteiger partial charge >= 0.3 is 0 Å². The standard InChI is InChI=1S/C24H20N2O2S/c1-17-8-5-6-13-21(17)26-23(27)22(29-24(26)25)15-19-11-7-12-20(14-19)28-16-18-9-3-2-4-10-18/h2-15,25H,16H2,1H3/b22-15-,25-24?. The van der Waals surface area contributed by atoms with E-state index in [1.165, 1.54) is 16.7 Å². The maximum absolute atomic E-state index is 12.9. The van der Waals surface area contributed by atoms with Crippen molar-refractivity contribution in [3.05, 3.63) is 100 Å². The minimum absolute atomic E-state index is 0.176. The number of amidine groups is 1. The molecule has 0 radical (unpaired) electrons. The van der Waals surface area contributed by atoms with Crippen molar-refractivity contribution in [2.75, 3.05) is 4.90 Å². The molecule has 29 heavy (non-hydrogen) atoms. The molecule has 1 aliphatic rings. The minimum atomic E-state index is -0.176. The molecule has 1 heterocycles. The zero-order valence-corrected chi connectivity index (χ0v) is 16.8. The van der Waals surface area contributed by atoms with Crippen molar-refractivity contribution in [2.24, 2.45) is 0 Å². The Balaban J connectivity index is 1.53. The maximum Gasteiger partial charge on any atom is 0.271 e. The minimum Gasteiger partial charge on any atom is -0.489 e. The van der Waals surface area contributed by atoms with Crippen LogP contribution < -0.4 is 9.64 Å². The Morgan fingerprint density at radius 2 is 1.76 bits per heavy atom. The number of carbonyl (C=O) groups is 1. The van der Waals surface area contributed by atoms with E-state index >= 15 is 0 Å². The van der Waals surface area contributed by atoms with E-state index in [2.05, 4.69) is 0 Å². The molecule has 0 bridgehead atoms. The normalized spacial score (nSPS) is 15.2. The number of aryl methyl sites for hydroxylation is 1. The predicted molar refractivity (Wildman–Crippen MR) is 119 cm³/mol. The molecule has 144 valence electrons. The van der Waals surface area contributed by atoms with E-state index < -0.39 is 0 Å². The van der Waals surface area contributed by atoms with Crippen molar-refractivity contribution in [1.29, 1.82) is 5.41 Å². The van der Waals surface area contributed by atoms with Crippen molar-refractivity contribution in [2.45, 2.75) is 13.5 Å². The summed E-state index contributed by atoms with van der Waals surface area (Å²) < 4.78 is 5.88. The number of benzene rings is 3. The highest BCUT2D eigenvalue weighted by molar-refractivity contribution is 8.19. The fourth-order valence-electron chi connectivity index (χ4n) is 3.11. The highest BCUT2D eigenvalue weighted by atomic mass is 32.2. The van der Waals surface area contributed by atoms with E-state index in [0.29, 0.717) is 11.5 Å².